The molecule has 0 spiro atoms. The Morgan fingerprint density at radius 3 is 2.57 bits per heavy atom. The molecule has 1 saturated heterocycles. The molecule has 0 bridgehead atoms. The number of pyridine rings is 2. The van der Waals surface area contributed by atoms with Gasteiger partial charge in [0.1, 0.15) is 17.8 Å². The van der Waals surface area contributed by atoms with Gasteiger partial charge in [-0.15, -0.1) is 0 Å². The molecule has 5 rings (SSSR count). The van der Waals surface area contributed by atoms with E-state index in [1.54, 1.807) is 23.1 Å². The Balaban J connectivity index is 1.35. The highest BCUT2D eigenvalue weighted by Crippen LogP contribution is 2.37. The van der Waals surface area contributed by atoms with Crippen LogP contribution in [0.4, 0.5) is 20.2 Å². The highest BCUT2D eigenvalue weighted by molar-refractivity contribution is 6.33. The Morgan fingerprint density at radius 2 is 1.86 bits per heavy atom. The number of ether oxygens (including phenoxy) is 2. The third-order valence-corrected chi connectivity index (χ3v) is 7.42. The summed E-state index contributed by atoms with van der Waals surface area (Å²) >= 11 is 12.3. The van der Waals surface area contributed by atoms with Gasteiger partial charge in [0, 0.05) is 42.9 Å². The molecule has 1 fully saturated rings. The molecule has 13 heteroatoms. The largest absolute Gasteiger partial charge is 0.490 e. The second kappa shape index (κ2) is 12.6. The standard InChI is InChI=1S/C29H25Cl2F2N7O2/c30-20-9-25(42-15-18-2-1-3-27(31)38-18)22(33)10-24(20)39-28-17(12-34)13-37-23-11-26(21(32)8-19(23)28)41-14-16-4-6-40(7-5-16)29(35)36/h1-3,8-11,13,16H,4-7,14-15H2,(H3,35,36)(H,37,39). The lowest BCUT2D eigenvalue weighted by molar-refractivity contribution is 0.176. The van der Waals surface area contributed by atoms with Crippen LogP contribution in [0.1, 0.15) is 24.1 Å². The average molecular weight is 612 g/mol. The SMILES string of the molecule is N#Cc1cnc2cc(OCC3CCN(C(=N)N)CC3)c(F)cc2c1Nc1cc(F)c(OCc2cccc(Cl)n2)cc1Cl. The molecule has 2 aromatic heterocycles. The summed E-state index contributed by atoms with van der Waals surface area (Å²) in [5.41, 5.74) is 6.88. The molecule has 216 valence electrons. The number of hydrogen-bond acceptors (Lipinski definition) is 7. The lowest BCUT2D eigenvalue weighted by Crippen LogP contribution is -2.43. The van der Waals surface area contributed by atoms with Crippen molar-refractivity contribution in [3.05, 3.63) is 81.7 Å². The van der Waals surface area contributed by atoms with Crippen LogP contribution >= 0.6 is 23.2 Å². The van der Waals surface area contributed by atoms with Gasteiger partial charge in [-0.3, -0.25) is 10.4 Å². The number of hydrogen-bond donors (Lipinski definition) is 3. The molecule has 42 heavy (non-hydrogen) atoms. The number of nitrogens with one attached hydrogen (secondary N) is 2. The number of nitrogens with two attached hydrogens (primary N) is 1. The number of guanidine groups is 1. The van der Waals surface area contributed by atoms with Gasteiger partial charge in [-0.05, 0) is 37.0 Å². The summed E-state index contributed by atoms with van der Waals surface area (Å²) in [5, 5.41) is 20.9. The maximum absolute atomic E-state index is 15.2. The van der Waals surface area contributed by atoms with Crippen molar-refractivity contribution in [2.45, 2.75) is 19.4 Å². The Kier molecular flexibility index (Phi) is 8.75. The van der Waals surface area contributed by atoms with Crippen molar-refractivity contribution < 1.29 is 18.3 Å². The minimum atomic E-state index is -0.711. The van der Waals surface area contributed by atoms with Crippen LogP contribution in [0.3, 0.4) is 0 Å². The molecule has 0 radical (unpaired) electrons. The third kappa shape index (κ3) is 6.56. The van der Waals surface area contributed by atoms with Crippen molar-refractivity contribution in [1.82, 2.24) is 14.9 Å². The lowest BCUT2D eigenvalue weighted by Gasteiger charge is -2.32. The molecule has 0 amide bonds. The normalized spacial score (nSPS) is 13.5. The van der Waals surface area contributed by atoms with Crippen molar-refractivity contribution >= 4 is 51.4 Å². The van der Waals surface area contributed by atoms with Crippen LogP contribution < -0.4 is 20.5 Å². The van der Waals surface area contributed by atoms with Gasteiger partial charge in [-0.2, -0.15) is 5.26 Å². The van der Waals surface area contributed by atoms with Crippen molar-refractivity contribution in [3.8, 4) is 17.6 Å². The summed E-state index contributed by atoms with van der Waals surface area (Å²) in [6.45, 7) is 1.56. The topological polar surface area (TPSA) is 133 Å². The number of likely N-dealkylation sites (tertiary alicyclic amines) is 1. The van der Waals surface area contributed by atoms with Gasteiger partial charge in [0.2, 0.25) is 0 Å². The first-order valence-corrected chi connectivity index (χ1v) is 13.7. The molecule has 1 aliphatic heterocycles. The number of benzene rings is 2. The smallest absolute Gasteiger partial charge is 0.188 e. The van der Waals surface area contributed by atoms with E-state index in [2.05, 4.69) is 15.3 Å². The molecule has 1 aliphatic rings. The highest BCUT2D eigenvalue weighted by atomic mass is 35.5. The predicted octanol–water partition coefficient (Wildman–Crippen LogP) is 6.39. The maximum Gasteiger partial charge on any atom is 0.188 e. The van der Waals surface area contributed by atoms with E-state index in [4.69, 9.17) is 43.8 Å². The van der Waals surface area contributed by atoms with E-state index in [9.17, 15) is 9.65 Å². The number of rotatable bonds is 8. The Hall–Kier alpha value is -4.40. The van der Waals surface area contributed by atoms with Crippen molar-refractivity contribution in [1.29, 1.82) is 10.7 Å². The summed E-state index contributed by atoms with van der Waals surface area (Å²) in [6, 6.07) is 12.1. The van der Waals surface area contributed by atoms with E-state index < -0.39 is 11.6 Å². The lowest BCUT2D eigenvalue weighted by atomic mass is 9.98. The molecule has 3 heterocycles. The summed E-state index contributed by atoms with van der Waals surface area (Å²) < 4.78 is 41.5. The molecule has 0 saturated carbocycles. The number of aromatic nitrogens is 2. The number of nitriles is 1. The van der Waals surface area contributed by atoms with Crippen LogP contribution in [0.25, 0.3) is 10.9 Å². The summed E-state index contributed by atoms with van der Waals surface area (Å²) in [7, 11) is 0. The van der Waals surface area contributed by atoms with E-state index in [1.165, 1.54) is 24.4 Å². The quantitative estimate of drug-likeness (QED) is 0.118. The van der Waals surface area contributed by atoms with Gasteiger partial charge >= 0.3 is 0 Å². The molecule has 2 aromatic carbocycles. The molecule has 9 nitrogen and oxygen atoms in total. The van der Waals surface area contributed by atoms with E-state index in [1.807, 2.05) is 6.07 Å². The first kappa shape index (κ1) is 29.1. The van der Waals surface area contributed by atoms with Crippen LogP contribution in [0.2, 0.25) is 10.2 Å². The predicted molar refractivity (Wildman–Crippen MR) is 156 cm³/mol. The van der Waals surface area contributed by atoms with E-state index in [0.717, 1.165) is 18.9 Å². The summed E-state index contributed by atoms with van der Waals surface area (Å²) in [5.74, 6) is -1.20. The van der Waals surface area contributed by atoms with Gasteiger partial charge in [0.15, 0.2) is 29.1 Å². The average Bonchev–Trinajstić information content (AvgIpc) is 2.97. The van der Waals surface area contributed by atoms with Crippen molar-refractivity contribution in [3.63, 3.8) is 0 Å². The Labute approximate surface area is 250 Å². The van der Waals surface area contributed by atoms with Crippen LogP contribution in [0, 0.1) is 34.3 Å². The Morgan fingerprint density at radius 1 is 1.12 bits per heavy atom. The van der Waals surface area contributed by atoms with E-state index in [0.29, 0.717) is 30.9 Å². The fourth-order valence-corrected chi connectivity index (χ4v) is 5.01. The van der Waals surface area contributed by atoms with Gasteiger partial charge in [-0.1, -0.05) is 29.3 Å². The highest BCUT2D eigenvalue weighted by Gasteiger charge is 2.22. The zero-order valence-electron chi connectivity index (χ0n) is 22.1. The maximum atomic E-state index is 15.2. The monoisotopic (exact) mass is 611 g/mol. The van der Waals surface area contributed by atoms with Gasteiger partial charge in [-0.25, -0.2) is 13.8 Å². The minimum absolute atomic E-state index is 0.0272. The zero-order chi connectivity index (χ0) is 29.8. The molecular formula is C29H25Cl2F2N7O2. The zero-order valence-corrected chi connectivity index (χ0v) is 23.6. The molecule has 4 N–H and O–H groups in total. The first-order valence-electron chi connectivity index (χ1n) is 13.0. The van der Waals surface area contributed by atoms with E-state index >= 15 is 4.39 Å². The molecular weight excluding hydrogens is 587 g/mol. The second-order valence-electron chi connectivity index (χ2n) is 9.71. The van der Waals surface area contributed by atoms with Crippen LogP contribution in [-0.4, -0.2) is 40.5 Å². The van der Waals surface area contributed by atoms with Gasteiger partial charge in [0.05, 0.1) is 39.8 Å². The molecule has 0 aliphatic carbocycles. The van der Waals surface area contributed by atoms with Gasteiger partial charge in [0.25, 0.3) is 0 Å². The van der Waals surface area contributed by atoms with Crippen LogP contribution in [0.15, 0.2) is 48.7 Å². The van der Waals surface area contributed by atoms with Crippen LogP contribution in [0.5, 0.6) is 11.5 Å². The van der Waals surface area contributed by atoms with Crippen LogP contribution in [-0.2, 0) is 6.61 Å². The van der Waals surface area contributed by atoms with Crippen molar-refractivity contribution in [2.24, 2.45) is 11.7 Å². The number of piperidine rings is 1. The summed E-state index contributed by atoms with van der Waals surface area (Å²) in [6.07, 6.45) is 2.88. The Bertz CT molecular complexity index is 1690. The number of anilines is 2. The molecule has 0 unspecified atom stereocenters. The fourth-order valence-electron chi connectivity index (χ4n) is 4.62. The minimum Gasteiger partial charge on any atom is -0.490 e. The van der Waals surface area contributed by atoms with E-state index in [-0.39, 0.29) is 62.5 Å². The summed E-state index contributed by atoms with van der Waals surface area (Å²) in [4.78, 5) is 10.2. The third-order valence-electron chi connectivity index (χ3n) is 6.90. The molecule has 0 atom stereocenters. The first-order chi connectivity index (χ1) is 20.2. The van der Waals surface area contributed by atoms with Gasteiger partial charge < -0.3 is 25.4 Å². The second-order valence-corrected chi connectivity index (χ2v) is 10.5. The number of nitrogens with zero attached hydrogens (tertiary/aromatic N) is 4. The molecule has 4 aromatic rings. The van der Waals surface area contributed by atoms with Crippen molar-refractivity contribution in [2.75, 3.05) is 25.0 Å². The fraction of sp³-hybridized carbons (Fsp3) is 0.241. The number of halogens is 4. The number of fused-ring (bicyclic) bond motifs is 1.